The number of nitrogens with one attached hydrogen (secondary N) is 2. The van der Waals surface area contributed by atoms with Gasteiger partial charge in [-0.2, -0.15) is 26.3 Å². The van der Waals surface area contributed by atoms with Crippen LogP contribution < -0.4 is 14.9 Å². The van der Waals surface area contributed by atoms with Gasteiger partial charge in [-0.1, -0.05) is 12.1 Å². The maximum atomic E-state index is 13.8. The van der Waals surface area contributed by atoms with E-state index in [0.29, 0.717) is 22.5 Å². The highest BCUT2D eigenvalue weighted by atomic mass is 32.2. The van der Waals surface area contributed by atoms with E-state index in [1.165, 1.54) is 4.90 Å². The lowest BCUT2D eigenvalue weighted by Crippen LogP contribution is -2.54. The van der Waals surface area contributed by atoms with E-state index in [-0.39, 0.29) is 43.6 Å². The minimum Gasteiger partial charge on any atom is -0.369 e. The van der Waals surface area contributed by atoms with Crippen LogP contribution in [0, 0.1) is 5.82 Å². The highest BCUT2D eigenvalue weighted by molar-refractivity contribution is 7.92. The zero-order valence-corrected chi connectivity index (χ0v) is 23.1. The number of carbonyl (C=O) groups excluding carboxylic acids is 3. The van der Waals surface area contributed by atoms with Crippen LogP contribution in [0.15, 0.2) is 47.4 Å². The Labute approximate surface area is 244 Å². The molecule has 1 unspecified atom stereocenters. The minimum atomic E-state index is -6.17. The first-order valence-electron chi connectivity index (χ1n) is 13.0. The van der Waals surface area contributed by atoms with Gasteiger partial charge in [0.05, 0.1) is 23.2 Å². The number of aliphatic hydroxyl groups is 1. The van der Waals surface area contributed by atoms with Gasteiger partial charge in [-0.15, -0.1) is 0 Å². The molecule has 2 fully saturated rings. The zero-order chi connectivity index (χ0) is 32.5. The Morgan fingerprint density at radius 2 is 1.66 bits per heavy atom. The van der Waals surface area contributed by atoms with Gasteiger partial charge in [0.15, 0.2) is 0 Å². The van der Waals surface area contributed by atoms with Gasteiger partial charge >= 0.3 is 18.4 Å². The Morgan fingerprint density at radius 3 is 2.23 bits per heavy atom. The van der Waals surface area contributed by atoms with E-state index in [9.17, 15) is 58.6 Å². The number of rotatable bonds is 5. The molecule has 1 spiro atoms. The predicted octanol–water partition coefficient (Wildman–Crippen LogP) is 2.85. The molecule has 3 heterocycles. The number of amides is 4. The molecule has 0 aliphatic carbocycles. The lowest BCUT2D eigenvalue weighted by atomic mass is 9.87. The topological polar surface area (TPSA) is 136 Å². The fraction of sp³-hybridized carbons (Fsp3) is 0.423. The van der Waals surface area contributed by atoms with Crippen molar-refractivity contribution in [1.82, 2.24) is 15.5 Å². The molecule has 44 heavy (non-hydrogen) atoms. The Balaban J connectivity index is 1.52. The molecule has 3 aliphatic heterocycles. The van der Waals surface area contributed by atoms with Crippen molar-refractivity contribution in [2.75, 3.05) is 17.4 Å². The number of carbonyl (C=O) groups is 3. The van der Waals surface area contributed by atoms with E-state index in [0.717, 1.165) is 24.3 Å². The molecule has 2 atom stereocenters. The molecule has 2 aromatic carbocycles. The van der Waals surface area contributed by atoms with E-state index in [1.807, 2.05) is 0 Å². The van der Waals surface area contributed by atoms with E-state index in [1.54, 1.807) is 0 Å². The monoisotopic (exact) mass is 652 g/mol. The van der Waals surface area contributed by atoms with Gasteiger partial charge in [-0.05, 0) is 55.2 Å². The second kappa shape index (κ2) is 10.3. The average molecular weight is 653 g/mol. The number of alkyl halides is 6. The van der Waals surface area contributed by atoms with Crippen LogP contribution in [0.2, 0.25) is 0 Å². The van der Waals surface area contributed by atoms with Gasteiger partial charge in [-0.25, -0.2) is 17.6 Å². The number of nitrogens with zero attached hydrogens (tertiary/aromatic N) is 2. The molecule has 3 N–H and O–H groups in total. The van der Waals surface area contributed by atoms with Crippen LogP contribution in [0.4, 0.5) is 41.2 Å². The molecule has 0 radical (unpaired) electrons. The van der Waals surface area contributed by atoms with Crippen molar-refractivity contribution in [3.8, 4) is 0 Å². The van der Waals surface area contributed by atoms with Gasteiger partial charge in [0.25, 0.3) is 21.5 Å². The standard InChI is InChI=1S/C26H23F7N4O6S/c27-16-3-6-18(7-4-16)44(42,43)37-17(12-20(38)36-10-9-23(13-36)21(39)34-22(40)35-23)5-1-14-11-15(2-8-19(14)37)24(41,25(28,29)30)26(31,32)33/h2-4,6-8,11,17,41H,1,5,9-10,12-13H2,(H2,34,35,39,40)/t17-,23?/m0/s1. The van der Waals surface area contributed by atoms with E-state index < -0.39 is 80.1 Å². The fourth-order valence-electron chi connectivity index (χ4n) is 5.75. The molecule has 0 bridgehead atoms. The first kappa shape index (κ1) is 31.5. The van der Waals surface area contributed by atoms with E-state index in [4.69, 9.17) is 0 Å². The largest absolute Gasteiger partial charge is 0.430 e. The van der Waals surface area contributed by atoms with Gasteiger partial charge in [0.1, 0.15) is 11.4 Å². The SMILES string of the molecule is O=C1NC(=O)C2(CCN(C(=O)C[C@@H]3CCc4cc(C(O)(C(F)(F)F)C(F)(F)F)ccc4N3S(=O)(=O)c3ccc(F)cc3)C2)N1. The number of benzene rings is 2. The van der Waals surface area contributed by atoms with Crippen molar-refractivity contribution >= 4 is 33.6 Å². The second-order valence-corrected chi connectivity index (χ2v) is 12.6. The summed E-state index contributed by atoms with van der Waals surface area (Å²) in [7, 11) is -4.69. The van der Waals surface area contributed by atoms with Crippen molar-refractivity contribution in [2.24, 2.45) is 0 Å². The second-order valence-electron chi connectivity index (χ2n) is 10.8. The summed E-state index contributed by atoms with van der Waals surface area (Å²) in [5.74, 6) is -2.06. The number of hydrogen-bond donors (Lipinski definition) is 3. The Kier molecular flexibility index (Phi) is 7.39. The summed E-state index contributed by atoms with van der Waals surface area (Å²) < 4.78 is 123. The van der Waals surface area contributed by atoms with E-state index in [2.05, 4.69) is 10.6 Å². The molecule has 10 nitrogen and oxygen atoms in total. The van der Waals surface area contributed by atoms with Crippen LogP contribution in [0.5, 0.6) is 0 Å². The van der Waals surface area contributed by atoms with Crippen LogP contribution in [0.25, 0.3) is 0 Å². The third-order valence-corrected chi connectivity index (χ3v) is 9.93. The highest BCUT2D eigenvalue weighted by Crippen LogP contribution is 2.51. The summed E-state index contributed by atoms with van der Waals surface area (Å²) >= 11 is 0. The van der Waals surface area contributed by atoms with Crippen LogP contribution in [-0.4, -0.2) is 73.3 Å². The Hall–Kier alpha value is -3.93. The summed E-state index contributed by atoms with van der Waals surface area (Å²) in [6.07, 6.45) is -13.3. The molecule has 18 heteroatoms. The number of anilines is 1. The quantitative estimate of drug-likeness (QED) is 0.336. The number of fused-ring (bicyclic) bond motifs is 1. The van der Waals surface area contributed by atoms with E-state index >= 15 is 0 Å². The summed E-state index contributed by atoms with van der Waals surface area (Å²) in [5.41, 5.74) is -8.82. The summed E-state index contributed by atoms with van der Waals surface area (Å²) in [4.78, 5) is 38.0. The molecule has 5 rings (SSSR count). The number of imide groups is 1. The maximum absolute atomic E-state index is 13.8. The van der Waals surface area contributed by atoms with Crippen LogP contribution in [0.3, 0.4) is 0 Å². The van der Waals surface area contributed by atoms with Crippen molar-refractivity contribution in [2.45, 2.75) is 60.1 Å². The molecule has 0 saturated carbocycles. The summed E-state index contributed by atoms with van der Waals surface area (Å²) in [6.45, 7) is -0.189. The Bertz CT molecular complexity index is 1620. The Morgan fingerprint density at radius 1 is 1.02 bits per heavy atom. The van der Waals surface area contributed by atoms with Crippen LogP contribution in [0.1, 0.15) is 30.4 Å². The summed E-state index contributed by atoms with van der Waals surface area (Å²) in [5, 5.41) is 14.4. The molecule has 2 aromatic rings. The number of urea groups is 1. The normalized spacial score (nSPS) is 22.7. The smallest absolute Gasteiger partial charge is 0.369 e. The number of sulfonamides is 1. The third kappa shape index (κ3) is 5.02. The predicted molar refractivity (Wildman–Crippen MR) is 136 cm³/mol. The van der Waals surface area contributed by atoms with Gasteiger partial charge in [0.2, 0.25) is 5.91 Å². The van der Waals surface area contributed by atoms with Crippen molar-refractivity contribution < 1.29 is 58.6 Å². The van der Waals surface area contributed by atoms with Crippen LogP contribution in [-0.2, 0) is 31.6 Å². The number of hydrogen-bond acceptors (Lipinski definition) is 6. The molecule has 238 valence electrons. The third-order valence-electron chi connectivity index (χ3n) is 8.05. The first-order chi connectivity index (χ1) is 20.3. The van der Waals surface area contributed by atoms with Gasteiger partial charge in [-0.3, -0.25) is 19.2 Å². The lowest BCUT2D eigenvalue weighted by molar-refractivity contribution is -0.376. The van der Waals surface area contributed by atoms with Crippen molar-refractivity contribution in [3.63, 3.8) is 0 Å². The molecular weight excluding hydrogens is 629 g/mol. The fourth-order valence-corrected chi connectivity index (χ4v) is 7.47. The number of aryl methyl sites for hydroxylation is 1. The minimum absolute atomic E-state index is 0.0252. The van der Waals surface area contributed by atoms with Crippen molar-refractivity contribution in [1.29, 1.82) is 0 Å². The molecule has 0 aromatic heterocycles. The number of halogens is 7. The molecule has 2 saturated heterocycles. The molecular formula is C26H23F7N4O6S. The van der Waals surface area contributed by atoms with Crippen molar-refractivity contribution in [3.05, 3.63) is 59.4 Å². The first-order valence-corrected chi connectivity index (χ1v) is 14.4. The molecule has 3 aliphatic rings. The summed E-state index contributed by atoms with van der Waals surface area (Å²) in [6, 6.07) is 2.95. The number of likely N-dealkylation sites (tertiary alicyclic amines) is 1. The van der Waals surface area contributed by atoms with Gasteiger partial charge < -0.3 is 15.3 Å². The maximum Gasteiger partial charge on any atom is 0.430 e. The average Bonchev–Trinajstić information content (AvgIpc) is 3.48. The molecule has 4 amide bonds. The van der Waals surface area contributed by atoms with Gasteiger partial charge in [0, 0.05) is 18.5 Å². The zero-order valence-electron chi connectivity index (χ0n) is 22.3. The van der Waals surface area contributed by atoms with Crippen LogP contribution >= 0.6 is 0 Å². The lowest BCUT2D eigenvalue weighted by Gasteiger charge is -2.39. The highest BCUT2D eigenvalue weighted by Gasteiger charge is 2.71.